The minimum atomic E-state index is -0.179. The molecule has 0 aliphatic rings. The molecule has 0 amide bonds. The second-order valence-electron chi connectivity index (χ2n) is 4.69. The number of nitrogens with one attached hydrogen (secondary N) is 1. The Morgan fingerprint density at radius 2 is 2.15 bits per heavy atom. The van der Waals surface area contributed by atoms with Crippen LogP contribution in [0.3, 0.4) is 0 Å². The normalized spacial score (nSPS) is 12.6. The molecule has 2 rings (SSSR count). The molecule has 6 heteroatoms. The zero-order valence-electron chi connectivity index (χ0n) is 11.6. The highest BCUT2D eigenvalue weighted by Gasteiger charge is 2.21. The van der Waals surface area contributed by atoms with Crippen molar-refractivity contribution in [1.82, 2.24) is 20.3 Å². The van der Waals surface area contributed by atoms with Crippen molar-refractivity contribution in [3.8, 4) is 0 Å². The summed E-state index contributed by atoms with van der Waals surface area (Å²) in [5.41, 5.74) is 1.62. The summed E-state index contributed by atoms with van der Waals surface area (Å²) in [4.78, 5) is 0. The summed E-state index contributed by atoms with van der Waals surface area (Å²) in [6.07, 6.45) is 1.57. The van der Waals surface area contributed by atoms with E-state index in [2.05, 4.69) is 38.5 Å². The monoisotopic (exact) mass is 340 g/mol. The van der Waals surface area contributed by atoms with Crippen LogP contribution in [0.4, 0.5) is 4.39 Å². The Balaban J connectivity index is 2.27. The van der Waals surface area contributed by atoms with E-state index >= 15 is 0 Å². The second kappa shape index (κ2) is 6.95. The Kier molecular flexibility index (Phi) is 5.25. The fourth-order valence-electron chi connectivity index (χ4n) is 2.18. The lowest BCUT2D eigenvalue weighted by Crippen LogP contribution is -2.26. The molecule has 0 bridgehead atoms. The Bertz CT molecular complexity index is 551. The maximum absolute atomic E-state index is 13.8. The van der Waals surface area contributed by atoms with Crippen LogP contribution in [0.1, 0.15) is 30.6 Å². The first kappa shape index (κ1) is 15.1. The molecule has 0 saturated carbocycles. The van der Waals surface area contributed by atoms with Crippen molar-refractivity contribution in [3.05, 3.63) is 45.9 Å². The molecule has 1 aromatic heterocycles. The molecule has 1 aromatic carbocycles. The van der Waals surface area contributed by atoms with Gasteiger partial charge in [0.1, 0.15) is 5.82 Å². The minimum absolute atomic E-state index is 0.0266. The Morgan fingerprint density at radius 1 is 1.40 bits per heavy atom. The summed E-state index contributed by atoms with van der Waals surface area (Å²) in [6, 6.07) is 6.83. The van der Waals surface area contributed by atoms with Crippen LogP contribution in [0.2, 0.25) is 0 Å². The van der Waals surface area contributed by atoms with Crippen LogP contribution in [0, 0.1) is 5.82 Å². The smallest absolute Gasteiger partial charge is 0.153 e. The fraction of sp³-hybridized carbons (Fsp3) is 0.429. The molecule has 0 spiro atoms. The lowest BCUT2D eigenvalue weighted by atomic mass is 10.0. The molecule has 1 unspecified atom stereocenters. The van der Waals surface area contributed by atoms with Crippen LogP contribution >= 0.6 is 15.9 Å². The van der Waals surface area contributed by atoms with Gasteiger partial charge in [-0.3, -0.25) is 0 Å². The standard InChI is InChI=1S/C14H18BrFN4/c1-3-8-17-12(13-14(15)18-19-20(13)2)9-10-6-4-5-7-11(10)16/h4-7,12,17H,3,8-9H2,1-2H3. The Morgan fingerprint density at radius 3 is 2.75 bits per heavy atom. The van der Waals surface area contributed by atoms with E-state index in [0.29, 0.717) is 16.6 Å². The van der Waals surface area contributed by atoms with Crippen molar-refractivity contribution < 1.29 is 4.39 Å². The zero-order valence-corrected chi connectivity index (χ0v) is 13.2. The van der Waals surface area contributed by atoms with Gasteiger partial charge in [-0.1, -0.05) is 30.3 Å². The van der Waals surface area contributed by atoms with E-state index in [-0.39, 0.29) is 11.9 Å². The van der Waals surface area contributed by atoms with Gasteiger partial charge in [-0.2, -0.15) is 0 Å². The van der Waals surface area contributed by atoms with Crippen LogP contribution in [-0.2, 0) is 13.5 Å². The van der Waals surface area contributed by atoms with Gasteiger partial charge in [0.05, 0.1) is 11.7 Å². The average Bonchev–Trinajstić information content (AvgIpc) is 2.76. The van der Waals surface area contributed by atoms with E-state index in [1.807, 2.05) is 19.2 Å². The first-order valence-electron chi connectivity index (χ1n) is 6.65. The second-order valence-corrected chi connectivity index (χ2v) is 5.44. The summed E-state index contributed by atoms with van der Waals surface area (Å²) in [6.45, 7) is 2.96. The molecule has 0 saturated heterocycles. The van der Waals surface area contributed by atoms with Gasteiger partial charge in [0, 0.05) is 7.05 Å². The van der Waals surface area contributed by atoms with Crippen molar-refractivity contribution >= 4 is 15.9 Å². The molecular formula is C14H18BrFN4. The van der Waals surface area contributed by atoms with Crippen molar-refractivity contribution in [2.75, 3.05) is 6.54 Å². The molecule has 2 aromatic rings. The van der Waals surface area contributed by atoms with Gasteiger partial charge in [-0.15, -0.1) is 5.10 Å². The lowest BCUT2D eigenvalue weighted by Gasteiger charge is -2.19. The van der Waals surface area contributed by atoms with E-state index in [1.165, 1.54) is 6.07 Å². The van der Waals surface area contributed by atoms with Crippen molar-refractivity contribution in [2.45, 2.75) is 25.8 Å². The summed E-state index contributed by atoms with van der Waals surface area (Å²) in [5, 5.41) is 11.4. The maximum Gasteiger partial charge on any atom is 0.153 e. The number of halogens is 2. The third-order valence-electron chi connectivity index (χ3n) is 3.18. The maximum atomic E-state index is 13.8. The van der Waals surface area contributed by atoms with Gasteiger partial charge in [0.2, 0.25) is 0 Å². The topological polar surface area (TPSA) is 42.7 Å². The quantitative estimate of drug-likeness (QED) is 0.878. The van der Waals surface area contributed by atoms with Gasteiger partial charge in [0.15, 0.2) is 4.60 Å². The summed E-state index contributed by atoms with van der Waals surface area (Å²) in [5.74, 6) is -0.179. The molecule has 0 aliphatic heterocycles. The van der Waals surface area contributed by atoms with E-state index in [4.69, 9.17) is 0 Å². The molecular weight excluding hydrogens is 323 g/mol. The van der Waals surface area contributed by atoms with Crippen LogP contribution in [0.5, 0.6) is 0 Å². The molecule has 4 nitrogen and oxygen atoms in total. The van der Waals surface area contributed by atoms with E-state index in [0.717, 1.165) is 18.7 Å². The number of hydrogen-bond donors (Lipinski definition) is 1. The molecule has 0 radical (unpaired) electrons. The SMILES string of the molecule is CCCNC(Cc1ccccc1F)c1c(Br)nnn1C. The fourth-order valence-corrected chi connectivity index (χ4v) is 2.78. The predicted molar refractivity (Wildman–Crippen MR) is 79.8 cm³/mol. The number of benzene rings is 1. The highest BCUT2D eigenvalue weighted by molar-refractivity contribution is 9.10. The van der Waals surface area contributed by atoms with Crippen LogP contribution in [0.25, 0.3) is 0 Å². The Hall–Kier alpha value is -1.27. The largest absolute Gasteiger partial charge is 0.308 e. The zero-order chi connectivity index (χ0) is 14.5. The van der Waals surface area contributed by atoms with Gasteiger partial charge < -0.3 is 5.32 Å². The van der Waals surface area contributed by atoms with Crippen molar-refractivity contribution in [3.63, 3.8) is 0 Å². The molecule has 0 fully saturated rings. The highest BCUT2D eigenvalue weighted by atomic mass is 79.9. The van der Waals surface area contributed by atoms with Gasteiger partial charge in [-0.05, 0) is 46.9 Å². The minimum Gasteiger partial charge on any atom is -0.308 e. The average molecular weight is 341 g/mol. The first-order valence-corrected chi connectivity index (χ1v) is 7.44. The molecule has 0 aliphatic carbocycles. The summed E-state index contributed by atoms with van der Waals surface area (Å²) in [7, 11) is 1.84. The van der Waals surface area contributed by atoms with Gasteiger partial charge in [0.25, 0.3) is 0 Å². The lowest BCUT2D eigenvalue weighted by molar-refractivity contribution is 0.480. The molecule has 1 atom stereocenters. The number of aryl methyl sites for hydroxylation is 1. The van der Waals surface area contributed by atoms with Gasteiger partial charge in [-0.25, -0.2) is 9.07 Å². The van der Waals surface area contributed by atoms with Crippen LogP contribution in [0.15, 0.2) is 28.9 Å². The highest BCUT2D eigenvalue weighted by Crippen LogP contribution is 2.24. The third kappa shape index (κ3) is 3.43. The first-order chi connectivity index (χ1) is 9.63. The molecule has 20 heavy (non-hydrogen) atoms. The van der Waals surface area contributed by atoms with Crippen molar-refractivity contribution in [1.29, 1.82) is 0 Å². The number of aromatic nitrogens is 3. The van der Waals surface area contributed by atoms with Gasteiger partial charge >= 0.3 is 0 Å². The number of nitrogens with zero attached hydrogens (tertiary/aromatic N) is 3. The Labute approximate surface area is 126 Å². The number of rotatable bonds is 6. The predicted octanol–water partition coefficient (Wildman–Crippen LogP) is 3.00. The van der Waals surface area contributed by atoms with E-state index < -0.39 is 0 Å². The molecule has 1 N–H and O–H groups in total. The van der Waals surface area contributed by atoms with E-state index in [9.17, 15) is 4.39 Å². The number of hydrogen-bond acceptors (Lipinski definition) is 3. The summed E-state index contributed by atoms with van der Waals surface area (Å²) >= 11 is 3.41. The van der Waals surface area contributed by atoms with E-state index in [1.54, 1.807) is 10.7 Å². The van der Waals surface area contributed by atoms with Crippen LogP contribution in [-0.4, -0.2) is 21.5 Å². The molecule has 108 valence electrons. The van der Waals surface area contributed by atoms with Crippen molar-refractivity contribution in [2.24, 2.45) is 7.05 Å². The summed E-state index contributed by atoms with van der Waals surface area (Å²) < 4.78 is 16.3. The van der Waals surface area contributed by atoms with Crippen LogP contribution < -0.4 is 5.32 Å². The molecule has 1 heterocycles. The third-order valence-corrected chi connectivity index (χ3v) is 3.74.